The van der Waals surface area contributed by atoms with Crippen LogP contribution in [0.15, 0.2) is 60.7 Å². The lowest BCUT2D eigenvalue weighted by Gasteiger charge is -2.32. The van der Waals surface area contributed by atoms with Gasteiger partial charge in [0.15, 0.2) is 39.1 Å². The molecule has 2 rings (SSSR count). The van der Waals surface area contributed by atoms with Gasteiger partial charge >= 0.3 is 2.75 Å². The monoisotopic (exact) mass is 649 g/mol. The zero-order valence-electron chi connectivity index (χ0n) is 23.4. The highest BCUT2D eigenvalue weighted by atomic mass is 127. The molecule has 0 amide bonds. The van der Waals surface area contributed by atoms with Gasteiger partial charge in [-0.25, -0.2) is 8.42 Å². The lowest BCUT2D eigenvalue weighted by atomic mass is 9.97. The Morgan fingerprint density at radius 1 is 0.763 bits per heavy atom. The Kier molecular flexibility index (Phi) is 13.8. The molecule has 0 saturated heterocycles. The van der Waals surface area contributed by atoms with Crippen LogP contribution in [0.3, 0.4) is 0 Å². The van der Waals surface area contributed by atoms with Crippen LogP contribution in [0.2, 0.25) is 0 Å². The minimum atomic E-state index is -4.30. The van der Waals surface area contributed by atoms with E-state index in [1.165, 1.54) is 0 Å². The highest BCUT2D eigenvalue weighted by molar-refractivity contribution is 7.90. The molecule has 5 nitrogen and oxygen atoms in total. The molecular formula is C31H44IN3O2S+. The molecular weight excluding hydrogens is 605 g/mol. The zero-order valence-corrected chi connectivity index (χ0v) is 26.4. The van der Waals surface area contributed by atoms with Gasteiger partial charge in [-0.3, -0.25) is 0 Å². The van der Waals surface area contributed by atoms with Crippen LogP contribution in [0.25, 0.3) is 0 Å². The van der Waals surface area contributed by atoms with Crippen LogP contribution in [0, 0.1) is 41.6 Å². The zero-order chi connectivity index (χ0) is 28.0. The molecule has 207 valence electrons. The third-order valence-corrected chi connectivity index (χ3v) is 17.7. The Morgan fingerprint density at radius 2 is 1.16 bits per heavy atom. The average Bonchev–Trinajstić information content (AvgIpc) is 2.95. The van der Waals surface area contributed by atoms with E-state index in [1.807, 2.05) is 60.7 Å². The number of sulfonamides is 1. The maximum atomic E-state index is 14.8. The van der Waals surface area contributed by atoms with Crippen molar-refractivity contribution in [2.24, 2.45) is 11.8 Å². The standard InChI is InChI=1S/C31H44IN3O2S/c1-5-9-17-27(7-3)23-35(24-28(8-4)18-10-6-2)38(36,37)31(25-33,26-34)32(29-19-13-11-14-20-29)30-21-15-12-16-22-30/h11-16,19-22,27-28H,5-10,17-18,23-24H2,1-4H3/q+1. The van der Waals surface area contributed by atoms with Gasteiger partial charge in [-0.1, -0.05) is 103 Å². The smallest absolute Gasteiger partial charge is 0.205 e. The Hall–Kier alpha value is -1.94. The summed E-state index contributed by atoms with van der Waals surface area (Å²) >= 11 is -3.14. The molecule has 0 bridgehead atoms. The first-order chi connectivity index (χ1) is 18.3. The summed E-state index contributed by atoms with van der Waals surface area (Å²) in [5.41, 5.74) is 0. The fraction of sp³-hybridized carbons (Fsp3) is 0.548. The van der Waals surface area contributed by atoms with Crippen molar-refractivity contribution in [1.29, 1.82) is 10.5 Å². The molecule has 1 radical (unpaired) electrons. The molecule has 0 aromatic heterocycles. The van der Waals surface area contributed by atoms with E-state index >= 15 is 0 Å². The quantitative estimate of drug-likeness (QED) is 0.190. The van der Waals surface area contributed by atoms with E-state index in [2.05, 4.69) is 39.8 Å². The van der Waals surface area contributed by atoms with Crippen LogP contribution >= 0.6 is 0 Å². The van der Waals surface area contributed by atoms with Gasteiger partial charge in [0.25, 0.3) is 10.0 Å². The highest BCUT2D eigenvalue weighted by Crippen LogP contribution is 2.24. The number of benzene rings is 2. The van der Waals surface area contributed by atoms with Gasteiger partial charge in [-0.05, 0) is 48.9 Å². The molecule has 0 aliphatic carbocycles. The van der Waals surface area contributed by atoms with Gasteiger partial charge < -0.3 is 0 Å². The Morgan fingerprint density at radius 3 is 1.47 bits per heavy atom. The number of nitrogens with zero attached hydrogens (tertiary/aromatic N) is 3. The highest BCUT2D eigenvalue weighted by Gasteiger charge is 2.65. The number of hydrogen-bond donors (Lipinski definition) is 0. The SMILES string of the molecule is CCCCC(CC)CN(CC(CC)CCCC)S(=O)(=O)C(C#N)(C#N)[I+](c1ccccc1)c1ccccc1. The molecule has 2 unspecified atom stereocenters. The van der Waals surface area contributed by atoms with Gasteiger partial charge in [-0.15, -0.1) is 0 Å². The Bertz CT molecular complexity index is 1070. The number of halogens is 1. The molecule has 0 fully saturated rings. The molecule has 0 aliphatic heterocycles. The molecule has 2 atom stereocenters. The number of unbranched alkanes of at least 4 members (excludes halogenated alkanes) is 2. The Balaban J connectivity index is 2.71. The summed E-state index contributed by atoms with van der Waals surface area (Å²) in [5.74, 6) is 0.387. The normalized spacial score (nSPS) is 13.7. The second kappa shape index (κ2) is 16.2. The summed E-state index contributed by atoms with van der Waals surface area (Å²) in [5, 5.41) is 21.4. The maximum Gasteiger partial charge on any atom is 0.412 e. The van der Waals surface area contributed by atoms with Crippen LogP contribution in [-0.4, -0.2) is 28.6 Å². The number of nitriles is 2. The van der Waals surface area contributed by atoms with E-state index in [4.69, 9.17) is 0 Å². The van der Waals surface area contributed by atoms with Crippen molar-refractivity contribution < 1.29 is 28.2 Å². The van der Waals surface area contributed by atoms with Crippen LogP contribution in [-0.2, 0) is 10.0 Å². The van der Waals surface area contributed by atoms with Crippen LogP contribution < -0.4 is 19.8 Å². The summed E-state index contributed by atoms with van der Waals surface area (Å²) in [6.45, 7) is 9.22. The molecule has 2 aromatic rings. The van der Waals surface area contributed by atoms with Crippen LogP contribution in [0.5, 0.6) is 0 Å². The van der Waals surface area contributed by atoms with Crippen molar-refractivity contribution in [1.82, 2.24) is 4.31 Å². The fourth-order valence-electron chi connectivity index (χ4n) is 4.70. The first-order valence-electron chi connectivity index (χ1n) is 14.0. The second-order valence-electron chi connectivity index (χ2n) is 9.85. The summed E-state index contributed by atoms with van der Waals surface area (Å²) in [7, 11) is -4.30. The van der Waals surface area contributed by atoms with Gasteiger partial charge in [0.2, 0.25) is 0 Å². The van der Waals surface area contributed by atoms with Crippen LogP contribution in [0.1, 0.15) is 79.1 Å². The van der Waals surface area contributed by atoms with Gasteiger partial charge in [0, 0.05) is 13.1 Å². The van der Waals surface area contributed by atoms with E-state index in [0.29, 0.717) is 13.1 Å². The van der Waals surface area contributed by atoms with Gasteiger partial charge in [0.05, 0.1) is 0 Å². The minimum Gasteiger partial charge on any atom is -0.205 e. The van der Waals surface area contributed by atoms with E-state index in [9.17, 15) is 18.9 Å². The molecule has 0 spiro atoms. The lowest BCUT2D eigenvalue weighted by molar-refractivity contribution is -0.876. The largest absolute Gasteiger partial charge is 0.412 e. The summed E-state index contributed by atoms with van der Waals surface area (Å²) in [6.07, 6.45) is 7.78. The summed E-state index contributed by atoms with van der Waals surface area (Å²) < 4.78 is 30.6. The van der Waals surface area contributed by atoms with E-state index in [1.54, 1.807) is 4.31 Å². The number of alkyl halides is 1. The summed E-state index contributed by atoms with van der Waals surface area (Å²) in [6, 6.07) is 23.0. The number of rotatable bonds is 17. The fourth-order valence-corrected chi connectivity index (χ4v) is 15.2. The van der Waals surface area contributed by atoms with E-state index < -0.39 is 32.6 Å². The van der Waals surface area contributed by atoms with Gasteiger partial charge in [-0.2, -0.15) is 14.8 Å². The Labute approximate surface area is 238 Å². The minimum absolute atomic E-state index is 0.194. The number of hydrogen-bond acceptors (Lipinski definition) is 4. The molecule has 0 aliphatic rings. The maximum absolute atomic E-state index is 14.8. The molecule has 38 heavy (non-hydrogen) atoms. The van der Waals surface area contributed by atoms with E-state index in [-0.39, 0.29) is 11.8 Å². The molecule has 2 aromatic carbocycles. The molecule has 0 heterocycles. The first-order valence-corrected chi connectivity index (χ1v) is 18.6. The van der Waals surface area contributed by atoms with Crippen molar-refractivity contribution in [2.75, 3.05) is 13.1 Å². The molecule has 0 saturated carbocycles. The van der Waals surface area contributed by atoms with Crippen molar-refractivity contribution in [3.63, 3.8) is 0 Å². The average molecular weight is 650 g/mol. The first kappa shape index (κ1) is 32.3. The van der Waals surface area contributed by atoms with Crippen molar-refractivity contribution in [2.45, 2.75) is 81.8 Å². The van der Waals surface area contributed by atoms with Gasteiger partial charge in [0.1, 0.15) is 0 Å². The molecule has 0 N–H and O–H groups in total. The van der Waals surface area contributed by atoms with E-state index in [0.717, 1.165) is 58.5 Å². The van der Waals surface area contributed by atoms with Crippen LogP contribution in [0.4, 0.5) is 0 Å². The second-order valence-corrected chi connectivity index (χ2v) is 18.4. The van der Waals surface area contributed by atoms with Crippen molar-refractivity contribution >= 4 is 10.0 Å². The topological polar surface area (TPSA) is 85.0 Å². The summed E-state index contributed by atoms with van der Waals surface area (Å²) in [4.78, 5) is 0. The van der Waals surface area contributed by atoms with Crippen molar-refractivity contribution in [3.8, 4) is 12.1 Å². The van der Waals surface area contributed by atoms with Crippen molar-refractivity contribution in [3.05, 3.63) is 67.8 Å². The molecule has 7 heteroatoms. The lowest BCUT2D eigenvalue weighted by Crippen LogP contribution is -3.90. The third-order valence-electron chi connectivity index (χ3n) is 7.16. The predicted molar refractivity (Wildman–Crippen MR) is 151 cm³/mol. The predicted octanol–water partition coefficient (Wildman–Crippen LogP) is 4.16. The third kappa shape index (κ3) is 7.81.